The maximum Gasteiger partial charge on any atom is 0.310 e. The summed E-state index contributed by atoms with van der Waals surface area (Å²) in [5.41, 5.74) is 2.07. The molecular formula is C30H46O3. The molecular weight excluding hydrogens is 408 g/mol. The number of hydrogen-bond acceptors (Lipinski definition) is 3. The number of carbonyl (C=O) groups excluding carboxylic acids is 2. The van der Waals surface area contributed by atoms with E-state index in [1.54, 1.807) is 0 Å². The summed E-state index contributed by atoms with van der Waals surface area (Å²) >= 11 is 0. The summed E-state index contributed by atoms with van der Waals surface area (Å²) in [6.07, 6.45) is 22.8. The maximum atomic E-state index is 12.9. The van der Waals surface area contributed by atoms with Crippen molar-refractivity contribution in [3.8, 4) is 0 Å². The van der Waals surface area contributed by atoms with E-state index >= 15 is 0 Å². The third-order valence-electron chi connectivity index (χ3n) is 7.78. The zero-order valence-corrected chi connectivity index (χ0v) is 21.0. The molecule has 2 fully saturated rings. The Bertz CT molecular complexity index is 708. The fourth-order valence-electron chi connectivity index (χ4n) is 5.64. The average Bonchev–Trinajstić information content (AvgIpc) is 3.12. The predicted octanol–water partition coefficient (Wildman–Crippen LogP) is 8.23. The number of unbranched alkanes of at least 4 members (excludes halogenated alkanes) is 13. The second kappa shape index (κ2) is 14.6. The van der Waals surface area contributed by atoms with Gasteiger partial charge in [-0.3, -0.25) is 9.59 Å². The van der Waals surface area contributed by atoms with Crippen molar-refractivity contribution in [3.63, 3.8) is 0 Å². The standard InChI is InChI=1S/C30H46O3/c1-2-3-4-5-6-7-8-9-10-11-12-13-14-15-16-24-17-19-25(20-18-24)29(31)27-22-21-26-23-28(27)30(32)33-26/h17-20,26-28H,2-16,21-23H2,1H3/t26-,27-,28-/m1/s1. The van der Waals surface area contributed by atoms with Gasteiger partial charge in [0.1, 0.15) is 6.10 Å². The van der Waals surface area contributed by atoms with Crippen LogP contribution in [0.5, 0.6) is 0 Å². The first-order valence-electron chi connectivity index (χ1n) is 14.0. The van der Waals surface area contributed by atoms with E-state index in [-0.39, 0.29) is 29.7 Å². The Morgan fingerprint density at radius 2 is 1.33 bits per heavy atom. The predicted molar refractivity (Wildman–Crippen MR) is 135 cm³/mol. The molecule has 0 unspecified atom stereocenters. The Hall–Kier alpha value is -1.64. The van der Waals surface area contributed by atoms with Crippen LogP contribution in [0.4, 0.5) is 0 Å². The molecule has 3 rings (SSSR count). The van der Waals surface area contributed by atoms with E-state index in [9.17, 15) is 9.59 Å². The lowest BCUT2D eigenvalue weighted by molar-refractivity contribution is -0.143. The molecule has 0 aromatic heterocycles. The lowest BCUT2D eigenvalue weighted by Crippen LogP contribution is -2.29. The van der Waals surface area contributed by atoms with E-state index < -0.39 is 0 Å². The smallest absolute Gasteiger partial charge is 0.310 e. The van der Waals surface area contributed by atoms with Crippen molar-refractivity contribution in [2.24, 2.45) is 11.8 Å². The Morgan fingerprint density at radius 3 is 1.91 bits per heavy atom. The zero-order chi connectivity index (χ0) is 23.3. The van der Waals surface area contributed by atoms with Crippen molar-refractivity contribution in [1.82, 2.24) is 0 Å². The van der Waals surface area contributed by atoms with Gasteiger partial charge in [-0.15, -0.1) is 0 Å². The van der Waals surface area contributed by atoms with Gasteiger partial charge in [0.05, 0.1) is 5.92 Å². The monoisotopic (exact) mass is 454 g/mol. The SMILES string of the molecule is CCCCCCCCCCCCCCCCc1ccc(C(=O)[C@@H]2CC[C@@H]3C[C@H]2C(=O)O3)cc1. The van der Waals surface area contributed by atoms with Crippen LogP contribution in [-0.4, -0.2) is 17.9 Å². The number of Topliss-reactive ketones (excluding diaryl/α,β-unsaturated/α-hetero) is 1. The van der Waals surface area contributed by atoms with Crippen molar-refractivity contribution in [1.29, 1.82) is 0 Å². The van der Waals surface area contributed by atoms with E-state index in [1.165, 1.54) is 95.5 Å². The first-order chi connectivity index (χ1) is 16.2. The molecule has 3 nitrogen and oxygen atoms in total. The number of fused-ring (bicyclic) bond motifs is 2. The summed E-state index contributed by atoms with van der Waals surface area (Å²) in [7, 11) is 0. The average molecular weight is 455 g/mol. The molecule has 1 aromatic carbocycles. The Kier molecular flexibility index (Phi) is 11.5. The summed E-state index contributed by atoms with van der Waals surface area (Å²) in [6, 6.07) is 8.14. The second-order valence-electron chi connectivity index (χ2n) is 10.5. The minimum absolute atomic E-state index is 0.0547. The molecule has 0 radical (unpaired) electrons. The molecule has 1 saturated heterocycles. The number of aryl methyl sites for hydroxylation is 1. The van der Waals surface area contributed by atoms with Crippen LogP contribution in [0.3, 0.4) is 0 Å². The van der Waals surface area contributed by atoms with Gasteiger partial charge in [0, 0.05) is 11.5 Å². The second-order valence-corrected chi connectivity index (χ2v) is 10.5. The van der Waals surface area contributed by atoms with E-state index in [0.717, 1.165) is 31.2 Å². The van der Waals surface area contributed by atoms with Crippen molar-refractivity contribution < 1.29 is 14.3 Å². The van der Waals surface area contributed by atoms with Crippen LogP contribution in [0.2, 0.25) is 0 Å². The highest BCUT2D eigenvalue weighted by Crippen LogP contribution is 2.40. The summed E-state index contributed by atoms with van der Waals surface area (Å²) in [5, 5.41) is 0. The minimum atomic E-state index is -0.216. The molecule has 2 aliphatic rings. The molecule has 0 N–H and O–H groups in total. The molecule has 2 bridgehead atoms. The Morgan fingerprint density at radius 1 is 0.788 bits per heavy atom. The molecule has 3 atom stereocenters. The number of benzene rings is 1. The van der Waals surface area contributed by atoms with Crippen LogP contribution >= 0.6 is 0 Å². The van der Waals surface area contributed by atoms with Gasteiger partial charge in [0.25, 0.3) is 0 Å². The molecule has 0 spiro atoms. The molecule has 3 heteroatoms. The Balaban J connectivity index is 1.21. The summed E-state index contributed by atoms with van der Waals surface area (Å²) < 4.78 is 5.35. The van der Waals surface area contributed by atoms with Crippen LogP contribution in [0, 0.1) is 11.8 Å². The quantitative estimate of drug-likeness (QED) is 0.135. The molecule has 1 saturated carbocycles. The van der Waals surface area contributed by atoms with E-state index in [2.05, 4.69) is 19.1 Å². The number of esters is 1. The van der Waals surface area contributed by atoms with Gasteiger partial charge in [-0.2, -0.15) is 0 Å². The van der Waals surface area contributed by atoms with E-state index in [0.29, 0.717) is 0 Å². The maximum absolute atomic E-state index is 12.9. The number of ether oxygens (including phenoxy) is 1. The molecule has 0 amide bonds. The van der Waals surface area contributed by atoms with Gasteiger partial charge in [0.2, 0.25) is 0 Å². The fraction of sp³-hybridized carbons (Fsp3) is 0.733. The van der Waals surface area contributed by atoms with Gasteiger partial charge in [-0.1, -0.05) is 115 Å². The zero-order valence-electron chi connectivity index (χ0n) is 21.0. The van der Waals surface area contributed by atoms with Gasteiger partial charge >= 0.3 is 5.97 Å². The van der Waals surface area contributed by atoms with Crippen LogP contribution < -0.4 is 0 Å². The molecule has 1 aliphatic carbocycles. The topological polar surface area (TPSA) is 43.4 Å². The highest BCUT2D eigenvalue weighted by atomic mass is 16.6. The van der Waals surface area contributed by atoms with Gasteiger partial charge in [-0.25, -0.2) is 0 Å². The summed E-state index contributed by atoms with van der Waals surface area (Å²) in [5.74, 6) is -0.440. The summed E-state index contributed by atoms with van der Waals surface area (Å²) in [6.45, 7) is 2.28. The third-order valence-corrected chi connectivity index (χ3v) is 7.78. The molecule has 184 valence electrons. The van der Waals surface area contributed by atoms with Crippen molar-refractivity contribution in [3.05, 3.63) is 35.4 Å². The van der Waals surface area contributed by atoms with Crippen LogP contribution in [0.1, 0.15) is 132 Å². The van der Waals surface area contributed by atoms with Gasteiger partial charge in [0.15, 0.2) is 5.78 Å². The Labute approximate surface area is 202 Å². The molecule has 1 heterocycles. The molecule has 33 heavy (non-hydrogen) atoms. The summed E-state index contributed by atoms with van der Waals surface area (Å²) in [4.78, 5) is 24.9. The number of rotatable bonds is 17. The van der Waals surface area contributed by atoms with Crippen molar-refractivity contribution in [2.45, 2.75) is 129 Å². The highest BCUT2D eigenvalue weighted by Gasteiger charge is 2.46. The number of ketones is 1. The lowest BCUT2D eigenvalue weighted by Gasteiger charge is -2.23. The lowest BCUT2D eigenvalue weighted by atomic mass is 9.76. The number of hydrogen-bond donors (Lipinski definition) is 0. The van der Waals surface area contributed by atoms with Crippen LogP contribution in [0.25, 0.3) is 0 Å². The highest BCUT2D eigenvalue weighted by molar-refractivity contribution is 6.00. The molecule has 1 aromatic rings. The fourth-order valence-corrected chi connectivity index (χ4v) is 5.64. The van der Waals surface area contributed by atoms with E-state index in [1.807, 2.05) is 12.1 Å². The number of carbonyl (C=O) groups is 2. The first kappa shape index (κ1) is 26.0. The largest absolute Gasteiger partial charge is 0.462 e. The van der Waals surface area contributed by atoms with Crippen LogP contribution in [-0.2, 0) is 16.0 Å². The normalized spacial score (nSPS) is 21.8. The van der Waals surface area contributed by atoms with Crippen LogP contribution in [0.15, 0.2) is 24.3 Å². The first-order valence-corrected chi connectivity index (χ1v) is 14.0. The van der Waals surface area contributed by atoms with E-state index in [4.69, 9.17) is 4.74 Å². The van der Waals surface area contributed by atoms with Gasteiger partial charge in [-0.05, 0) is 37.7 Å². The third kappa shape index (κ3) is 8.58. The van der Waals surface area contributed by atoms with Gasteiger partial charge < -0.3 is 4.74 Å². The minimum Gasteiger partial charge on any atom is -0.462 e. The van der Waals surface area contributed by atoms with Crippen molar-refractivity contribution >= 4 is 11.8 Å². The molecule has 1 aliphatic heterocycles. The van der Waals surface area contributed by atoms with Crippen molar-refractivity contribution in [2.75, 3.05) is 0 Å².